The number of aliphatic hydroxyl groups is 1. The highest BCUT2D eigenvalue weighted by atomic mass is 16.5. The molecule has 0 unspecified atom stereocenters. The van der Waals surface area contributed by atoms with Crippen molar-refractivity contribution in [3.8, 4) is 5.75 Å². The van der Waals surface area contributed by atoms with Gasteiger partial charge in [0.25, 0.3) is 0 Å². The number of hydrogen-bond acceptors (Lipinski definition) is 3. The molecule has 1 aliphatic heterocycles. The van der Waals surface area contributed by atoms with Crippen LogP contribution < -0.4 is 4.74 Å². The minimum absolute atomic E-state index is 0.367. The summed E-state index contributed by atoms with van der Waals surface area (Å²) in [7, 11) is 0. The van der Waals surface area contributed by atoms with Gasteiger partial charge in [-0.2, -0.15) is 0 Å². The fraction of sp³-hybridized carbons (Fsp3) is 0.647. The molecule has 0 amide bonds. The van der Waals surface area contributed by atoms with E-state index < -0.39 is 0 Å². The summed E-state index contributed by atoms with van der Waals surface area (Å²) < 4.78 is 5.42. The van der Waals surface area contributed by atoms with Crippen molar-refractivity contribution in [2.24, 2.45) is 0 Å². The van der Waals surface area contributed by atoms with Gasteiger partial charge in [-0.15, -0.1) is 0 Å². The smallest absolute Gasteiger partial charge is 0.119 e. The van der Waals surface area contributed by atoms with Crippen LogP contribution in [-0.2, 0) is 0 Å². The lowest BCUT2D eigenvalue weighted by molar-refractivity contribution is 0.143. The molecule has 0 bridgehead atoms. The Labute approximate surface area is 122 Å². The summed E-state index contributed by atoms with van der Waals surface area (Å²) in [4.78, 5) is 2.49. The molecule has 0 radical (unpaired) electrons. The molecule has 0 aliphatic carbocycles. The van der Waals surface area contributed by atoms with Gasteiger partial charge in [-0.25, -0.2) is 0 Å². The second-order valence-electron chi connectivity index (χ2n) is 5.56. The molecule has 20 heavy (non-hydrogen) atoms. The molecule has 0 aromatic heterocycles. The van der Waals surface area contributed by atoms with Crippen molar-refractivity contribution in [1.29, 1.82) is 0 Å². The first-order chi connectivity index (χ1) is 9.79. The van der Waals surface area contributed by atoms with E-state index in [2.05, 4.69) is 4.90 Å². The second kappa shape index (κ2) is 8.28. The molecule has 1 atom stereocenters. The Balaban J connectivity index is 1.79. The Morgan fingerprint density at radius 1 is 1.10 bits per heavy atom. The second-order valence-corrected chi connectivity index (χ2v) is 5.56. The summed E-state index contributed by atoms with van der Waals surface area (Å²) in [6, 6.07) is 7.82. The van der Waals surface area contributed by atoms with Gasteiger partial charge in [0.05, 0.1) is 12.7 Å². The van der Waals surface area contributed by atoms with Crippen LogP contribution in [0.25, 0.3) is 0 Å². The van der Waals surface area contributed by atoms with Crippen LogP contribution in [0.1, 0.15) is 50.7 Å². The van der Waals surface area contributed by atoms with E-state index in [-0.39, 0.29) is 6.10 Å². The van der Waals surface area contributed by atoms with Gasteiger partial charge in [0.2, 0.25) is 0 Å². The van der Waals surface area contributed by atoms with E-state index in [1.165, 1.54) is 38.8 Å². The first kappa shape index (κ1) is 15.3. The zero-order valence-corrected chi connectivity index (χ0v) is 12.6. The molecule has 3 heteroatoms. The average Bonchev–Trinajstić information content (AvgIpc) is 2.74. The fourth-order valence-electron chi connectivity index (χ4n) is 2.78. The van der Waals surface area contributed by atoms with Crippen LogP contribution in [0.3, 0.4) is 0 Å². The number of hydrogen-bond donors (Lipinski definition) is 1. The summed E-state index contributed by atoms with van der Waals surface area (Å²) >= 11 is 0. The highest BCUT2D eigenvalue weighted by molar-refractivity contribution is 5.28. The van der Waals surface area contributed by atoms with Crippen molar-refractivity contribution < 1.29 is 9.84 Å². The monoisotopic (exact) mass is 277 g/mol. The Kier molecular flexibility index (Phi) is 6.34. The van der Waals surface area contributed by atoms with E-state index >= 15 is 0 Å². The molecule has 3 nitrogen and oxygen atoms in total. The van der Waals surface area contributed by atoms with Gasteiger partial charge in [-0.1, -0.05) is 25.0 Å². The van der Waals surface area contributed by atoms with Crippen molar-refractivity contribution in [2.75, 3.05) is 26.2 Å². The Morgan fingerprint density at radius 3 is 2.35 bits per heavy atom. The van der Waals surface area contributed by atoms with Gasteiger partial charge in [-0.3, -0.25) is 0 Å². The van der Waals surface area contributed by atoms with E-state index in [1.54, 1.807) is 0 Å². The molecule has 1 aromatic rings. The lowest BCUT2D eigenvalue weighted by Gasteiger charge is -2.21. The summed E-state index contributed by atoms with van der Waals surface area (Å²) in [6.45, 7) is 6.03. The van der Waals surface area contributed by atoms with Crippen LogP contribution in [0.2, 0.25) is 0 Å². The number of likely N-dealkylation sites (tertiary alicyclic amines) is 1. The van der Waals surface area contributed by atoms with Crippen LogP contribution in [0.5, 0.6) is 5.75 Å². The maximum absolute atomic E-state index is 10.3. The summed E-state index contributed by atoms with van der Waals surface area (Å²) in [5, 5.41) is 10.3. The fourth-order valence-corrected chi connectivity index (χ4v) is 2.78. The van der Waals surface area contributed by atoms with E-state index in [1.807, 2.05) is 31.2 Å². The number of nitrogens with zero attached hydrogens (tertiary/aromatic N) is 1. The van der Waals surface area contributed by atoms with Crippen molar-refractivity contribution in [2.45, 2.75) is 45.1 Å². The Morgan fingerprint density at radius 2 is 1.75 bits per heavy atom. The molecule has 1 N–H and O–H groups in total. The normalized spacial score (nSPS) is 18.5. The summed E-state index contributed by atoms with van der Waals surface area (Å²) in [5.74, 6) is 0.871. The standard InChI is InChI=1S/C17H27NO2/c1-2-20-16-9-7-15(8-10-16)17(19)11-14-18-12-5-3-4-6-13-18/h7-10,17,19H,2-6,11-14H2,1H3/t17-/m0/s1. The van der Waals surface area contributed by atoms with Crippen LogP contribution in [0.4, 0.5) is 0 Å². The number of aliphatic hydroxyl groups excluding tert-OH is 1. The van der Waals surface area contributed by atoms with Gasteiger partial charge in [0, 0.05) is 6.54 Å². The third-order valence-electron chi connectivity index (χ3n) is 3.99. The molecule has 2 rings (SSSR count). The zero-order valence-electron chi connectivity index (χ0n) is 12.6. The minimum atomic E-state index is -0.367. The maximum Gasteiger partial charge on any atom is 0.119 e. The summed E-state index contributed by atoms with van der Waals surface area (Å²) in [6.07, 6.45) is 5.77. The van der Waals surface area contributed by atoms with Crippen molar-refractivity contribution in [3.63, 3.8) is 0 Å². The lowest BCUT2D eigenvalue weighted by atomic mass is 10.1. The average molecular weight is 277 g/mol. The highest BCUT2D eigenvalue weighted by Gasteiger charge is 2.12. The summed E-state index contributed by atoms with van der Waals surface area (Å²) in [5.41, 5.74) is 0.989. The third kappa shape index (κ3) is 4.80. The van der Waals surface area contributed by atoms with Crippen LogP contribution in [0, 0.1) is 0 Å². The van der Waals surface area contributed by atoms with Gasteiger partial charge >= 0.3 is 0 Å². The third-order valence-corrected chi connectivity index (χ3v) is 3.99. The first-order valence-corrected chi connectivity index (χ1v) is 7.93. The molecule has 1 saturated heterocycles. The highest BCUT2D eigenvalue weighted by Crippen LogP contribution is 2.21. The topological polar surface area (TPSA) is 32.7 Å². The maximum atomic E-state index is 10.3. The van der Waals surface area contributed by atoms with Crippen molar-refractivity contribution >= 4 is 0 Å². The van der Waals surface area contributed by atoms with E-state index in [0.717, 1.165) is 24.3 Å². The van der Waals surface area contributed by atoms with E-state index in [9.17, 15) is 5.11 Å². The van der Waals surface area contributed by atoms with Crippen LogP contribution in [-0.4, -0.2) is 36.2 Å². The van der Waals surface area contributed by atoms with Crippen LogP contribution in [0.15, 0.2) is 24.3 Å². The van der Waals surface area contributed by atoms with Gasteiger partial charge < -0.3 is 14.7 Å². The van der Waals surface area contributed by atoms with Gasteiger partial charge in [0.15, 0.2) is 0 Å². The Hall–Kier alpha value is -1.06. The molecule has 1 aromatic carbocycles. The van der Waals surface area contributed by atoms with E-state index in [4.69, 9.17) is 4.74 Å². The number of ether oxygens (including phenoxy) is 1. The molecule has 0 spiro atoms. The SMILES string of the molecule is CCOc1ccc([C@@H](O)CCN2CCCCCC2)cc1. The molecular weight excluding hydrogens is 250 g/mol. The largest absolute Gasteiger partial charge is 0.494 e. The number of benzene rings is 1. The molecule has 112 valence electrons. The molecule has 1 heterocycles. The minimum Gasteiger partial charge on any atom is -0.494 e. The van der Waals surface area contributed by atoms with Crippen molar-refractivity contribution in [3.05, 3.63) is 29.8 Å². The number of rotatable bonds is 6. The Bertz CT molecular complexity index is 369. The van der Waals surface area contributed by atoms with E-state index in [0.29, 0.717) is 6.61 Å². The van der Waals surface area contributed by atoms with Gasteiger partial charge in [-0.05, 0) is 57.0 Å². The quantitative estimate of drug-likeness (QED) is 0.865. The predicted molar refractivity (Wildman–Crippen MR) is 82.1 cm³/mol. The lowest BCUT2D eigenvalue weighted by Crippen LogP contribution is -2.26. The molecule has 0 saturated carbocycles. The van der Waals surface area contributed by atoms with Crippen LogP contribution >= 0.6 is 0 Å². The zero-order chi connectivity index (χ0) is 14.2. The molecular formula is C17H27NO2. The molecule has 1 aliphatic rings. The predicted octanol–water partition coefficient (Wildman–Crippen LogP) is 3.38. The van der Waals surface area contributed by atoms with Crippen molar-refractivity contribution in [1.82, 2.24) is 4.90 Å². The molecule has 1 fully saturated rings. The first-order valence-electron chi connectivity index (χ1n) is 7.93. The van der Waals surface area contributed by atoms with Gasteiger partial charge in [0.1, 0.15) is 5.75 Å².